The molecule has 0 aliphatic rings. The third-order valence-electron chi connectivity index (χ3n) is 5.23. The molecule has 1 heterocycles. The van der Waals surface area contributed by atoms with Crippen molar-refractivity contribution in [3.63, 3.8) is 0 Å². The van der Waals surface area contributed by atoms with Gasteiger partial charge in [0.2, 0.25) is 5.91 Å². The zero-order chi connectivity index (χ0) is 21.5. The van der Waals surface area contributed by atoms with Gasteiger partial charge in [-0.25, -0.2) is 5.01 Å². The van der Waals surface area contributed by atoms with Crippen molar-refractivity contribution in [2.45, 2.75) is 38.3 Å². The van der Waals surface area contributed by atoms with E-state index in [4.69, 9.17) is 5.73 Å². The first-order valence-corrected chi connectivity index (χ1v) is 10.1. The fraction of sp³-hybridized carbons (Fsp3) is 0.304. The van der Waals surface area contributed by atoms with Crippen LogP contribution in [-0.4, -0.2) is 45.6 Å². The molecule has 0 saturated carbocycles. The summed E-state index contributed by atoms with van der Waals surface area (Å²) in [4.78, 5) is 27.0. The molecule has 1 amide bonds. The molecular weight excluding hydrogens is 380 g/mol. The van der Waals surface area contributed by atoms with E-state index in [0.717, 1.165) is 22.0 Å². The van der Waals surface area contributed by atoms with Gasteiger partial charge in [0.25, 0.3) is 0 Å². The van der Waals surface area contributed by atoms with Gasteiger partial charge < -0.3 is 15.8 Å². The summed E-state index contributed by atoms with van der Waals surface area (Å²) in [6, 6.07) is 16.6. The van der Waals surface area contributed by atoms with Gasteiger partial charge in [-0.05, 0) is 30.0 Å². The molecule has 5 N–H and O–H groups in total. The maximum absolute atomic E-state index is 12.2. The van der Waals surface area contributed by atoms with Crippen LogP contribution in [0.15, 0.2) is 60.8 Å². The number of aromatic nitrogens is 1. The van der Waals surface area contributed by atoms with Crippen LogP contribution in [-0.2, 0) is 22.4 Å². The van der Waals surface area contributed by atoms with Crippen molar-refractivity contribution in [2.75, 3.05) is 6.54 Å². The minimum atomic E-state index is -0.901. The molecule has 0 radical (unpaired) electrons. The van der Waals surface area contributed by atoms with E-state index in [0.29, 0.717) is 19.4 Å². The van der Waals surface area contributed by atoms with Crippen molar-refractivity contribution in [3.05, 3.63) is 71.9 Å². The summed E-state index contributed by atoms with van der Waals surface area (Å²) in [7, 11) is 0. The Morgan fingerprint density at radius 3 is 2.47 bits per heavy atom. The molecule has 7 nitrogen and oxygen atoms in total. The molecule has 1 aromatic heterocycles. The molecule has 0 aliphatic carbocycles. The Morgan fingerprint density at radius 1 is 1.10 bits per heavy atom. The number of amides is 1. The van der Waals surface area contributed by atoms with Crippen molar-refractivity contribution in [1.82, 2.24) is 15.4 Å². The Bertz CT molecular complexity index is 986. The smallest absolute Gasteiger partial charge is 0.304 e. The number of carbonyl (C=O) groups excluding carboxylic acids is 1. The molecular formula is C23H28N4O3. The number of fused-ring (bicyclic) bond motifs is 1. The molecule has 30 heavy (non-hydrogen) atoms. The van der Waals surface area contributed by atoms with E-state index >= 15 is 0 Å². The predicted octanol–water partition coefficient (Wildman–Crippen LogP) is 2.48. The number of carboxylic acids is 1. The summed E-state index contributed by atoms with van der Waals surface area (Å²) >= 11 is 0. The van der Waals surface area contributed by atoms with Gasteiger partial charge in [0.15, 0.2) is 0 Å². The van der Waals surface area contributed by atoms with Gasteiger partial charge in [-0.3, -0.25) is 15.0 Å². The van der Waals surface area contributed by atoms with Crippen molar-refractivity contribution < 1.29 is 14.7 Å². The van der Waals surface area contributed by atoms with E-state index in [-0.39, 0.29) is 12.5 Å². The number of nitrogens with zero attached hydrogens (tertiary/aromatic N) is 1. The van der Waals surface area contributed by atoms with E-state index in [1.165, 1.54) is 0 Å². The molecule has 0 bridgehead atoms. The zero-order valence-electron chi connectivity index (χ0n) is 17.0. The largest absolute Gasteiger partial charge is 0.481 e. The molecule has 7 heteroatoms. The monoisotopic (exact) mass is 408 g/mol. The Hall–Kier alpha value is -3.16. The summed E-state index contributed by atoms with van der Waals surface area (Å²) in [5.74, 6) is -1.35. The first-order valence-electron chi connectivity index (χ1n) is 10.1. The van der Waals surface area contributed by atoms with Gasteiger partial charge in [0.1, 0.15) is 6.04 Å². The summed E-state index contributed by atoms with van der Waals surface area (Å²) < 4.78 is 0. The number of H-pyrrole nitrogens is 1. The van der Waals surface area contributed by atoms with Gasteiger partial charge in [0, 0.05) is 29.7 Å². The highest BCUT2D eigenvalue weighted by atomic mass is 16.4. The van der Waals surface area contributed by atoms with Gasteiger partial charge in [0.05, 0.1) is 6.42 Å². The maximum Gasteiger partial charge on any atom is 0.304 e. The van der Waals surface area contributed by atoms with E-state index < -0.39 is 17.9 Å². The third-order valence-corrected chi connectivity index (χ3v) is 5.23. The van der Waals surface area contributed by atoms with Crippen molar-refractivity contribution in [1.29, 1.82) is 0 Å². The highest BCUT2D eigenvalue weighted by molar-refractivity contribution is 5.83. The Balaban J connectivity index is 1.80. The molecule has 0 saturated heterocycles. The number of carbonyl (C=O) groups is 2. The fourth-order valence-corrected chi connectivity index (χ4v) is 3.78. The second kappa shape index (κ2) is 10.0. The highest BCUT2D eigenvalue weighted by Gasteiger charge is 2.27. The Labute approximate surface area is 175 Å². The number of likely N-dealkylation sites (N-methyl/N-ethyl adjacent to an activating group) is 1. The second-order valence-electron chi connectivity index (χ2n) is 7.38. The van der Waals surface area contributed by atoms with Crippen LogP contribution in [0.3, 0.4) is 0 Å². The molecule has 2 aromatic carbocycles. The van der Waals surface area contributed by atoms with Crippen LogP contribution in [0.25, 0.3) is 10.9 Å². The van der Waals surface area contributed by atoms with Crippen LogP contribution in [0.2, 0.25) is 0 Å². The number of hydrazine groups is 1. The SMILES string of the molecule is CCN(N[C@@H](CC(=O)O)Cc1c[nH]c2ccccc12)C(Cc1ccccc1)C(N)=O. The quantitative estimate of drug-likeness (QED) is 0.364. The first kappa shape index (κ1) is 21.5. The molecule has 158 valence electrons. The van der Waals surface area contributed by atoms with Crippen molar-refractivity contribution >= 4 is 22.8 Å². The van der Waals surface area contributed by atoms with Crippen molar-refractivity contribution in [2.24, 2.45) is 5.73 Å². The molecule has 0 aliphatic heterocycles. The van der Waals surface area contributed by atoms with Crippen LogP contribution in [0.4, 0.5) is 0 Å². The van der Waals surface area contributed by atoms with Gasteiger partial charge in [-0.1, -0.05) is 55.5 Å². The first-order chi connectivity index (χ1) is 14.5. The summed E-state index contributed by atoms with van der Waals surface area (Å²) in [5, 5.41) is 12.3. The third kappa shape index (κ3) is 5.46. The molecule has 0 spiro atoms. The molecule has 1 unspecified atom stereocenters. The number of aromatic amines is 1. The van der Waals surface area contributed by atoms with E-state index in [1.54, 1.807) is 5.01 Å². The van der Waals surface area contributed by atoms with Gasteiger partial charge >= 0.3 is 5.97 Å². The summed E-state index contributed by atoms with van der Waals surface area (Å²) in [6.45, 7) is 2.42. The topological polar surface area (TPSA) is 111 Å². The molecule has 0 fully saturated rings. The Morgan fingerprint density at radius 2 is 1.80 bits per heavy atom. The lowest BCUT2D eigenvalue weighted by atomic mass is 10.0. The minimum absolute atomic E-state index is 0.0766. The number of nitrogens with one attached hydrogen (secondary N) is 2. The maximum atomic E-state index is 12.2. The molecule has 3 aromatic rings. The van der Waals surface area contributed by atoms with Crippen molar-refractivity contribution in [3.8, 4) is 0 Å². The van der Waals surface area contributed by atoms with Crippen LogP contribution < -0.4 is 11.2 Å². The average molecular weight is 409 g/mol. The number of hydrogen-bond acceptors (Lipinski definition) is 4. The number of carboxylic acid groups (broad SMARTS) is 1. The lowest BCUT2D eigenvalue weighted by Gasteiger charge is -2.33. The predicted molar refractivity (Wildman–Crippen MR) is 117 cm³/mol. The molecule has 2 atom stereocenters. The lowest BCUT2D eigenvalue weighted by molar-refractivity contribution is -0.138. The van der Waals surface area contributed by atoms with Gasteiger partial charge in [-0.2, -0.15) is 0 Å². The standard InChI is InChI=1S/C23H28N4O3/c1-2-27(21(23(24)30)12-16-8-4-3-5-9-16)26-18(14-22(28)29)13-17-15-25-20-11-7-6-10-19(17)20/h3-11,15,18,21,25-26H,2,12-14H2,1H3,(H2,24,30)(H,28,29)/t18-,21?/m1/s1. The number of hydrogen-bond donors (Lipinski definition) is 4. The fourth-order valence-electron chi connectivity index (χ4n) is 3.78. The number of benzene rings is 2. The van der Waals surface area contributed by atoms with Crippen LogP contribution >= 0.6 is 0 Å². The number of nitrogens with two attached hydrogens (primary N) is 1. The van der Waals surface area contributed by atoms with Crippen LogP contribution in [0.5, 0.6) is 0 Å². The lowest BCUT2D eigenvalue weighted by Crippen LogP contribution is -2.56. The second-order valence-corrected chi connectivity index (χ2v) is 7.38. The number of aliphatic carboxylic acids is 1. The van der Waals surface area contributed by atoms with Crippen LogP contribution in [0.1, 0.15) is 24.5 Å². The summed E-state index contributed by atoms with van der Waals surface area (Å²) in [5.41, 5.74) is 12.0. The van der Waals surface area contributed by atoms with E-state index in [2.05, 4.69) is 10.4 Å². The minimum Gasteiger partial charge on any atom is -0.481 e. The molecule has 3 rings (SSSR count). The summed E-state index contributed by atoms with van der Waals surface area (Å²) in [6.07, 6.45) is 2.79. The van der Waals surface area contributed by atoms with E-state index in [1.807, 2.05) is 67.7 Å². The Kier molecular flexibility index (Phi) is 7.21. The van der Waals surface area contributed by atoms with Gasteiger partial charge in [-0.15, -0.1) is 0 Å². The van der Waals surface area contributed by atoms with Crippen LogP contribution in [0, 0.1) is 0 Å². The number of para-hydroxylation sites is 1. The normalized spacial score (nSPS) is 13.4. The highest BCUT2D eigenvalue weighted by Crippen LogP contribution is 2.20. The zero-order valence-corrected chi connectivity index (χ0v) is 17.0. The average Bonchev–Trinajstić information content (AvgIpc) is 3.13. The number of primary amides is 1. The van der Waals surface area contributed by atoms with E-state index in [9.17, 15) is 14.7 Å². The number of rotatable bonds is 11.